The van der Waals surface area contributed by atoms with Crippen molar-refractivity contribution in [3.8, 4) is 0 Å². The van der Waals surface area contributed by atoms with E-state index < -0.39 is 36.4 Å². The lowest BCUT2D eigenvalue weighted by atomic mass is 9.85. The number of imide groups is 1. The van der Waals surface area contributed by atoms with Gasteiger partial charge in [0.1, 0.15) is 6.04 Å². The zero-order valence-electron chi connectivity index (χ0n) is 18.2. The van der Waals surface area contributed by atoms with E-state index in [0.29, 0.717) is 11.3 Å². The first-order valence-electron chi connectivity index (χ1n) is 10.8. The van der Waals surface area contributed by atoms with Gasteiger partial charge in [0.15, 0.2) is 12.4 Å². The van der Waals surface area contributed by atoms with Crippen molar-refractivity contribution >= 4 is 35.2 Å². The second kappa shape index (κ2) is 8.33. The van der Waals surface area contributed by atoms with Crippen molar-refractivity contribution in [1.82, 2.24) is 4.90 Å². The van der Waals surface area contributed by atoms with Crippen LogP contribution < -0.4 is 5.32 Å². The molecule has 1 saturated carbocycles. The molecule has 2 fully saturated rings. The third-order valence-electron chi connectivity index (χ3n) is 6.58. The number of benzene rings is 1. The van der Waals surface area contributed by atoms with Crippen LogP contribution in [-0.2, 0) is 23.9 Å². The molecule has 1 aliphatic heterocycles. The van der Waals surface area contributed by atoms with Crippen molar-refractivity contribution in [3.05, 3.63) is 42.0 Å². The number of ketones is 1. The zero-order valence-corrected chi connectivity index (χ0v) is 18.2. The maximum atomic E-state index is 13.1. The van der Waals surface area contributed by atoms with Gasteiger partial charge in [0, 0.05) is 11.3 Å². The van der Waals surface area contributed by atoms with Crippen LogP contribution >= 0.6 is 0 Å². The molecular formula is C24H26N2O6. The first-order chi connectivity index (χ1) is 15.2. The minimum absolute atomic E-state index is 0.0513. The number of hydrogen-bond donors (Lipinski definition) is 1. The molecule has 1 heterocycles. The predicted octanol–water partition coefficient (Wildman–Crippen LogP) is 2.20. The molecule has 1 aromatic rings. The Balaban J connectivity index is 1.39. The topological polar surface area (TPSA) is 110 Å². The van der Waals surface area contributed by atoms with E-state index in [9.17, 15) is 24.0 Å². The summed E-state index contributed by atoms with van der Waals surface area (Å²) >= 11 is 0. The van der Waals surface area contributed by atoms with Gasteiger partial charge in [-0.2, -0.15) is 0 Å². The molecule has 3 aliphatic rings. The summed E-state index contributed by atoms with van der Waals surface area (Å²) in [7, 11) is 0. The summed E-state index contributed by atoms with van der Waals surface area (Å²) in [4.78, 5) is 63.6. The van der Waals surface area contributed by atoms with E-state index in [1.807, 2.05) is 12.2 Å². The fourth-order valence-electron chi connectivity index (χ4n) is 5.08. The van der Waals surface area contributed by atoms with Gasteiger partial charge in [0.2, 0.25) is 11.8 Å². The number of nitrogens with zero attached hydrogens (tertiary/aromatic N) is 1. The number of rotatable bonds is 7. The lowest BCUT2D eigenvalue weighted by Crippen LogP contribution is -2.50. The molecule has 0 unspecified atom stereocenters. The normalized spacial score (nSPS) is 26.4. The number of carbonyl (C=O) groups is 5. The molecule has 5 atom stereocenters. The highest BCUT2D eigenvalue weighted by atomic mass is 16.5. The largest absolute Gasteiger partial charge is 0.454 e. The van der Waals surface area contributed by atoms with Gasteiger partial charge in [0.05, 0.1) is 11.8 Å². The highest BCUT2D eigenvalue weighted by Gasteiger charge is 2.61. The number of Topliss-reactive ketones (excluding diaryl/α,β-unsaturated/α-hetero) is 1. The Labute approximate surface area is 186 Å². The number of likely N-dealkylation sites (tertiary alicyclic amines) is 1. The van der Waals surface area contributed by atoms with Crippen molar-refractivity contribution in [2.24, 2.45) is 29.6 Å². The Hall–Kier alpha value is -3.29. The van der Waals surface area contributed by atoms with Gasteiger partial charge in [-0.05, 0) is 55.4 Å². The minimum Gasteiger partial charge on any atom is -0.454 e. The summed E-state index contributed by atoms with van der Waals surface area (Å²) in [6, 6.07) is 5.26. The Morgan fingerprint density at radius 1 is 1.03 bits per heavy atom. The lowest BCUT2D eigenvalue weighted by molar-refractivity contribution is -0.162. The highest BCUT2D eigenvalue weighted by Crippen LogP contribution is 2.53. The third-order valence-corrected chi connectivity index (χ3v) is 6.58. The molecule has 3 amide bonds. The number of allylic oxidation sites excluding steroid dienone is 2. The van der Waals surface area contributed by atoms with Crippen LogP contribution in [0, 0.1) is 29.6 Å². The predicted molar refractivity (Wildman–Crippen MR) is 114 cm³/mol. The minimum atomic E-state index is -1.07. The Morgan fingerprint density at radius 3 is 2.09 bits per heavy atom. The van der Waals surface area contributed by atoms with Crippen molar-refractivity contribution in [2.75, 3.05) is 11.9 Å². The van der Waals surface area contributed by atoms with Crippen LogP contribution in [0.25, 0.3) is 0 Å². The third kappa shape index (κ3) is 3.74. The molecule has 8 heteroatoms. The summed E-state index contributed by atoms with van der Waals surface area (Å²) in [5.74, 6) is -3.10. The number of carbonyl (C=O) groups excluding carboxylic acids is 5. The van der Waals surface area contributed by atoms with Crippen molar-refractivity contribution in [3.63, 3.8) is 0 Å². The fraction of sp³-hybridized carbons (Fsp3) is 0.458. The number of ether oxygens (including phenoxy) is 1. The quantitative estimate of drug-likeness (QED) is 0.303. The number of nitrogens with one attached hydrogen (secondary N) is 1. The summed E-state index contributed by atoms with van der Waals surface area (Å²) in [5.41, 5.74) is 0.972. The van der Waals surface area contributed by atoms with Crippen molar-refractivity contribution in [2.45, 2.75) is 33.2 Å². The van der Waals surface area contributed by atoms with E-state index in [1.54, 1.807) is 38.1 Å². The molecule has 2 aliphatic carbocycles. The van der Waals surface area contributed by atoms with Crippen molar-refractivity contribution in [1.29, 1.82) is 0 Å². The maximum absolute atomic E-state index is 13.1. The van der Waals surface area contributed by atoms with Crippen LogP contribution in [0.2, 0.25) is 0 Å². The van der Waals surface area contributed by atoms with E-state index in [4.69, 9.17) is 4.74 Å². The Kier molecular flexibility index (Phi) is 5.71. The van der Waals surface area contributed by atoms with Crippen LogP contribution in [-0.4, -0.2) is 47.0 Å². The monoisotopic (exact) mass is 438 g/mol. The van der Waals surface area contributed by atoms with Crippen LogP contribution in [0.5, 0.6) is 0 Å². The Morgan fingerprint density at radius 2 is 1.59 bits per heavy atom. The summed E-state index contributed by atoms with van der Waals surface area (Å²) < 4.78 is 5.20. The van der Waals surface area contributed by atoms with Gasteiger partial charge in [-0.1, -0.05) is 26.0 Å². The average Bonchev–Trinajstić information content (AvgIpc) is 3.42. The van der Waals surface area contributed by atoms with E-state index in [0.717, 1.165) is 11.3 Å². The van der Waals surface area contributed by atoms with Crippen LogP contribution in [0.4, 0.5) is 5.69 Å². The van der Waals surface area contributed by atoms with E-state index >= 15 is 0 Å². The molecule has 4 rings (SSSR count). The number of hydrogen-bond acceptors (Lipinski definition) is 6. The molecular weight excluding hydrogens is 412 g/mol. The van der Waals surface area contributed by atoms with Gasteiger partial charge in [-0.25, -0.2) is 4.79 Å². The fourth-order valence-corrected chi connectivity index (χ4v) is 5.08. The second-order valence-corrected chi connectivity index (χ2v) is 9.02. The number of amides is 3. The number of fused-ring (bicyclic) bond motifs is 5. The zero-order chi connectivity index (χ0) is 23.2. The average molecular weight is 438 g/mol. The number of esters is 1. The molecule has 8 nitrogen and oxygen atoms in total. The van der Waals surface area contributed by atoms with Crippen molar-refractivity contribution < 1.29 is 28.7 Å². The second-order valence-electron chi connectivity index (χ2n) is 9.02. The lowest BCUT2D eigenvalue weighted by Gasteiger charge is -2.28. The first-order valence-corrected chi connectivity index (χ1v) is 10.8. The van der Waals surface area contributed by atoms with Gasteiger partial charge >= 0.3 is 5.97 Å². The van der Waals surface area contributed by atoms with E-state index in [1.165, 1.54) is 6.92 Å². The maximum Gasteiger partial charge on any atom is 0.330 e. The van der Waals surface area contributed by atoms with E-state index in [-0.39, 0.29) is 35.4 Å². The SMILES string of the molecule is CC(=O)c1ccc(NC(=O)COC(=O)[C@H](C(C)C)N2C(=O)[C@@H]3[C@H](C2=O)[C@H]2C=C[C@H]3C2)cc1. The van der Waals surface area contributed by atoms with Gasteiger partial charge in [-0.15, -0.1) is 0 Å². The highest BCUT2D eigenvalue weighted by molar-refractivity contribution is 6.09. The molecule has 1 aromatic carbocycles. The van der Waals surface area contributed by atoms with Crippen LogP contribution in [0.1, 0.15) is 37.6 Å². The smallest absolute Gasteiger partial charge is 0.330 e. The molecule has 1 saturated heterocycles. The molecule has 2 bridgehead atoms. The van der Waals surface area contributed by atoms with Gasteiger partial charge in [0.25, 0.3) is 5.91 Å². The molecule has 1 N–H and O–H groups in total. The number of anilines is 1. The molecule has 0 radical (unpaired) electrons. The molecule has 168 valence electrons. The van der Waals surface area contributed by atoms with Crippen LogP contribution in [0.3, 0.4) is 0 Å². The summed E-state index contributed by atoms with van der Waals surface area (Å²) in [6.07, 6.45) is 4.80. The molecule has 0 spiro atoms. The Bertz CT molecular complexity index is 982. The standard InChI is InChI=1S/C24H26N2O6/c1-12(2)21(26-22(29)19-15-4-5-16(10-15)20(19)23(26)30)24(31)32-11-18(28)25-17-8-6-14(7-9-17)13(3)27/h4-9,12,15-16,19-21H,10-11H2,1-3H3,(H,25,28)/t15-,16-,19-,20+,21-/m0/s1. The van der Waals surface area contributed by atoms with Crippen LogP contribution in [0.15, 0.2) is 36.4 Å². The summed E-state index contributed by atoms with van der Waals surface area (Å²) in [5, 5.41) is 2.59. The first kappa shape index (κ1) is 21.9. The van der Waals surface area contributed by atoms with Gasteiger partial charge < -0.3 is 10.1 Å². The molecule has 32 heavy (non-hydrogen) atoms. The van der Waals surface area contributed by atoms with Gasteiger partial charge in [-0.3, -0.25) is 24.1 Å². The molecule has 0 aromatic heterocycles. The van der Waals surface area contributed by atoms with E-state index in [2.05, 4.69) is 5.32 Å². The summed E-state index contributed by atoms with van der Waals surface area (Å²) in [6.45, 7) is 4.38.